The van der Waals surface area contributed by atoms with E-state index < -0.39 is 11.9 Å². The molecule has 0 saturated carbocycles. The van der Waals surface area contributed by atoms with Crippen LogP contribution in [0, 0.1) is 5.92 Å². The zero-order valence-corrected chi connectivity index (χ0v) is 17.6. The summed E-state index contributed by atoms with van der Waals surface area (Å²) in [6.07, 6.45) is 0. The van der Waals surface area contributed by atoms with Crippen LogP contribution >= 0.6 is 23.2 Å². The van der Waals surface area contributed by atoms with Crippen LogP contribution < -0.4 is 20.1 Å². The minimum Gasteiger partial charge on any atom is -0.486 e. The second kappa shape index (κ2) is 9.37. The molecule has 1 heterocycles. The summed E-state index contributed by atoms with van der Waals surface area (Å²) in [5.41, 5.74) is 1.10. The molecule has 1 atom stereocenters. The first kappa shape index (κ1) is 21.3. The molecule has 2 aromatic rings. The van der Waals surface area contributed by atoms with Crippen LogP contribution in [0.5, 0.6) is 11.5 Å². The second-order valence-electron chi connectivity index (χ2n) is 6.99. The quantitative estimate of drug-likeness (QED) is 0.720. The predicted molar refractivity (Wildman–Crippen MR) is 112 cm³/mol. The molecule has 154 valence electrons. The smallest absolute Gasteiger partial charge is 0.253 e. The number of hydrogen-bond acceptors (Lipinski definition) is 4. The number of carbonyl (C=O) groups excluding carboxylic acids is 2. The van der Waals surface area contributed by atoms with E-state index in [2.05, 4.69) is 10.6 Å². The van der Waals surface area contributed by atoms with Crippen molar-refractivity contribution in [1.29, 1.82) is 0 Å². The molecule has 2 amide bonds. The lowest BCUT2D eigenvalue weighted by Crippen LogP contribution is -2.49. The number of fused-ring (bicyclic) bond motifs is 1. The number of halogens is 2. The highest BCUT2D eigenvalue weighted by atomic mass is 35.5. The van der Waals surface area contributed by atoms with Crippen molar-refractivity contribution < 1.29 is 19.1 Å². The predicted octanol–water partition coefficient (Wildman–Crippen LogP) is 3.84. The third-order valence-electron chi connectivity index (χ3n) is 4.48. The van der Waals surface area contributed by atoms with E-state index in [1.165, 1.54) is 0 Å². The van der Waals surface area contributed by atoms with Crippen LogP contribution in [0.3, 0.4) is 0 Å². The Kier molecular flexibility index (Phi) is 6.87. The van der Waals surface area contributed by atoms with Gasteiger partial charge in [-0.05, 0) is 35.7 Å². The maximum absolute atomic E-state index is 12.7. The van der Waals surface area contributed by atoms with Gasteiger partial charge in [0.25, 0.3) is 5.91 Å². The average molecular weight is 437 g/mol. The van der Waals surface area contributed by atoms with Gasteiger partial charge >= 0.3 is 0 Å². The Bertz CT molecular complexity index is 918. The maximum atomic E-state index is 12.7. The van der Waals surface area contributed by atoms with Crippen LogP contribution in [0.15, 0.2) is 36.4 Å². The normalized spacial score (nSPS) is 13.7. The molecule has 0 radical (unpaired) electrons. The van der Waals surface area contributed by atoms with Crippen LogP contribution in [0.2, 0.25) is 10.0 Å². The van der Waals surface area contributed by atoms with Gasteiger partial charge < -0.3 is 20.1 Å². The summed E-state index contributed by atoms with van der Waals surface area (Å²) in [5, 5.41) is 6.37. The summed E-state index contributed by atoms with van der Waals surface area (Å²) >= 11 is 12.3. The summed E-state index contributed by atoms with van der Waals surface area (Å²) in [6, 6.07) is 9.50. The van der Waals surface area contributed by atoms with E-state index in [9.17, 15) is 9.59 Å². The van der Waals surface area contributed by atoms with E-state index in [1.807, 2.05) is 13.8 Å². The molecule has 0 spiro atoms. The minimum atomic E-state index is -0.716. The molecular weight excluding hydrogens is 415 g/mol. The van der Waals surface area contributed by atoms with Crippen LogP contribution in [0.4, 0.5) is 0 Å². The molecule has 1 unspecified atom stereocenters. The second-order valence-corrected chi connectivity index (χ2v) is 7.81. The van der Waals surface area contributed by atoms with Gasteiger partial charge in [-0.2, -0.15) is 0 Å². The van der Waals surface area contributed by atoms with Crippen LogP contribution in [0.25, 0.3) is 0 Å². The third-order valence-corrected chi connectivity index (χ3v) is 5.09. The molecule has 2 N–H and O–H groups in total. The molecule has 1 aliphatic heterocycles. The molecule has 2 aromatic carbocycles. The van der Waals surface area contributed by atoms with Crippen LogP contribution in [-0.4, -0.2) is 31.1 Å². The molecule has 6 nitrogen and oxygen atoms in total. The largest absolute Gasteiger partial charge is 0.486 e. The fourth-order valence-corrected chi connectivity index (χ4v) is 3.47. The fourth-order valence-electron chi connectivity index (χ4n) is 2.96. The van der Waals surface area contributed by atoms with Gasteiger partial charge in [-0.15, -0.1) is 0 Å². The summed E-state index contributed by atoms with van der Waals surface area (Å²) in [6.45, 7) is 4.85. The summed E-state index contributed by atoms with van der Waals surface area (Å²) < 4.78 is 11.1. The van der Waals surface area contributed by atoms with Gasteiger partial charge in [-0.25, -0.2) is 0 Å². The van der Waals surface area contributed by atoms with Crippen molar-refractivity contribution in [1.82, 2.24) is 10.6 Å². The third kappa shape index (κ3) is 5.14. The van der Waals surface area contributed by atoms with Crippen molar-refractivity contribution in [3.63, 3.8) is 0 Å². The molecule has 8 heteroatoms. The standard InChI is InChI=1S/C21H22Cl2N2O4/c1-12(2)18(25-20(26)14-5-3-4-6-15(14)22)21(27)24-11-13-9-16(23)19-17(10-13)28-7-8-29-19/h3-6,9-10,12,18H,7-8,11H2,1-2H3,(H,24,27)(H,25,26). The SMILES string of the molecule is CC(C)C(NC(=O)c1ccccc1Cl)C(=O)NCc1cc(Cl)c2c(c1)OCCO2. The molecule has 0 saturated heterocycles. The molecule has 0 aliphatic carbocycles. The van der Waals surface area contributed by atoms with E-state index in [0.29, 0.717) is 40.3 Å². The summed E-state index contributed by atoms with van der Waals surface area (Å²) in [5.74, 6) is 0.254. The highest BCUT2D eigenvalue weighted by molar-refractivity contribution is 6.34. The van der Waals surface area contributed by atoms with E-state index >= 15 is 0 Å². The number of rotatable bonds is 6. The summed E-state index contributed by atoms with van der Waals surface area (Å²) in [7, 11) is 0. The van der Waals surface area contributed by atoms with Crippen LogP contribution in [0.1, 0.15) is 29.8 Å². The maximum Gasteiger partial charge on any atom is 0.253 e. The Morgan fingerprint density at radius 2 is 1.79 bits per heavy atom. The van der Waals surface area contributed by atoms with Gasteiger partial charge in [0.1, 0.15) is 19.3 Å². The Hall–Kier alpha value is -2.44. The van der Waals surface area contributed by atoms with E-state index in [4.69, 9.17) is 32.7 Å². The molecule has 1 aliphatic rings. The first-order chi connectivity index (χ1) is 13.9. The Balaban J connectivity index is 1.67. The molecular formula is C21H22Cl2N2O4. The molecule has 3 rings (SSSR count). The number of carbonyl (C=O) groups is 2. The first-order valence-corrected chi connectivity index (χ1v) is 10.0. The summed E-state index contributed by atoms with van der Waals surface area (Å²) in [4.78, 5) is 25.3. The van der Waals surface area contributed by atoms with Gasteiger partial charge in [0.05, 0.1) is 15.6 Å². The number of ether oxygens (including phenoxy) is 2. The van der Waals surface area contributed by atoms with Crippen molar-refractivity contribution >= 4 is 35.0 Å². The monoisotopic (exact) mass is 436 g/mol. The number of nitrogens with one attached hydrogen (secondary N) is 2. The minimum absolute atomic E-state index is 0.120. The van der Waals surface area contributed by atoms with Gasteiger partial charge in [0, 0.05) is 6.54 Å². The number of amides is 2. The van der Waals surface area contributed by atoms with Crippen molar-refractivity contribution in [3.05, 3.63) is 57.6 Å². The molecule has 29 heavy (non-hydrogen) atoms. The first-order valence-electron chi connectivity index (χ1n) is 9.28. The van der Waals surface area contributed by atoms with Crippen LogP contribution in [-0.2, 0) is 11.3 Å². The lowest BCUT2D eigenvalue weighted by Gasteiger charge is -2.23. The van der Waals surface area contributed by atoms with Gasteiger partial charge in [-0.3, -0.25) is 9.59 Å². The zero-order valence-electron chi connectivity index (χ0n) is 16.1. The van der Waals surface area contributed by atoms with Gasteiger partial charge in [0.2, 0.25) is 5.91 Å². The average Bonchev–Trinajstić information content (AvgIpc) is 2.70. The highest BCUT2D eigenvalue weighted by Gasteiger charge is 2.25. The lowest BCUT2D eigenvalue weighted by atomic mass is 10.0. The van der Waals surface area contributed by atoms with Crippen molar-refractivity contribution in [3.8, 4) is 11.5 Å². The Morgan fingerprint density at radius 3 is 2.52 bits per heavy atom. The fraction of sp³-hybridized carbons (Fsp3) is 0.333. The van der Waals surface area contributed by atoms with Crippen molar-refractivity contribution in [2.75, 3.05) is 13.2 Å². The lowest BCUT2D eigenvalue weighted by molar-refractivity contribution is -0.124. The van der Waals surface area contributed by atoms with E-state index in [0.717, 1.165) is 5.56 Å². The van der Waals surface area contributed by atoms with E-state index in [-0.39, 0.29) is 18.4 Å². The molecule has 0 bridgehead atoms. The Morgan fingerprint density at radius 1 is 1.07 bits per heavy atom. The highest BCUT2D eigenvalue weighted by Crippen LogP contribution is 2.38. The molecule has 0 aromatic heterocycles. The van der Waals surface area contributed by atoms with Gasteiger partial charge in [0.15, 0.2) is 11.5 Å². The van der Waals surface area contributed by atoms with E-state index in [1.54, 1.807) is 36.4 Å². The van der Waals surface area contributed by atoms with Crippen molar-refractivity contribution in [2.45, 2.75) is 26.4 Å². The zero-order chi connectivity index (χ0) is 21.0. The molecule has 0 fully saturated rings. The van der Waals surface area contributed by atoms with Gasteiger partial charge in [-0.1, -0.05) is 49.2 Å². The topological polar surface area (TPSA) is 76.7 Å². The number of hydrogen-bond donors (Lipinski definition) is 2. The number of benzene rings is 2. The Labute approximate surface area is 179 Å². The van der Waals surface area contributed by atoms with Crippen molar-refractivity contribution in [2.24, 2.45) is 5.92 Å².